The van der Waals surface area contributed by atoms with Crippen LogP contribution in [0.4, 0.5) is 0 Å². The number of benzene rings is 1. The standard InChI is InChI=1S/C18H21N3O2/c1-14-7-10-20(11-8-14)17(22)13-21-12-9-16(19-18(21)23)15-5-3-2-4-6-15/h2-6,9,12,14H,7-8,10-11,13H2,1H3. The van der Waals surface area contributed by atoms with Crippen molar-refractivity contribution in [2.75, 3.05) is 13.1 Å². The summed E-state index contributed by atoms with van der Waals surface area (Å²) in [4.78, 5) is 30.4. The third kappa shape index (κ3) is 3.67. The molecule has 1 aliphatic rings. The first kappa shape index (κ1) is 15.5. The predicted molar refractivity (Wildman–Crippen MR) is 88.9 cm³/mol. The molecule has 1 saturated heterocycles. The maximum Gasteiger partial charge on any atom is 0.348 e. The molecule has 0 aliphatic carbocycles. The zero-order chi connectivity index (χ0) is 16.2. The van der Waals surface area contributed by atoms with Crippen LogP contribution in [0.3, 0.4) is 0 Å². The molecule has 5 nitrogen and oxygen atoms in total. The van der Waals surface area contributed by atoms with Gasteiger partial charge in [-0.2, -0.15) is 4.98 Å². The highest BCUT2D eigenvalue weighted by Gasteiger charge is 2.20. The Hall–Kier alpha value is -2.43. The van der Waals surface area contributed by atoms with Crippen molar-refractivity contribution in [3.05, 3.63) is 53.1 Å². The molecule has 1 amide bonds. The van der Waals surface area contributed by atoms with E-state index in [0.29, 0.717) is 11.6 Å². The molecule has 0 spiro atoms. The molecule has 3 rings (SSSR count). The lowest BCUT2D eigenvalue weighted by atomic mass is 9.99. The smallest absolute Gasteiger partial charge is 0.341 e. The minimum atomic E-state index is -0.384. The first-order valence-corrected chi connectivity index (χ1v) is 8.04. The second kappa shape index (κ2) is 6.77. The van der Waals surface area contributed by atoms with E-state index >= 15 is 0 Å². The summed E-state index contributed by atoms with van der Waals surface area (Å²) in [6.45, 7) is 3.84. The molecule has 5 heteroatoms. The van der Waals surface area contributed by atoms with Gasteiger partial charge in [-0.3, -0.25) is 9.36 Å². The number of amides is 1. The summed E-state index contributed by atoms with van der Waals surface area (Å²) in [5.41, 5.74) is 1.14. The van der Waals surface area contributed by atoms with Crippen molar-refractivity contribution in [3.8, 4) is 11.3 Å². The molecule has 0 radical (unpaired) electrons. The van der Waals surface area contributed by atoms with Gasteiger partial charge in [0, 0.05) is 24.8 Å². The average molecular weight is 311 g/mol. The molecule has 0 atom stereocenters. The van der Waals surface area contributed by atoms with Crippen molar-refractivity contribution >= 4 is 5.91 Å². The van der Waals surface area contributed by atoms with Crippen LogP contribution in [-0.2, 0) is 11.3 Å². The van der Waals surface area contributed by atoms with Gasteiger partial charge in [0.2, 0.25) is 5.91 Å². The van der Waals surface area contributed by atoms with Gasteiger partial charge >= 0.3 is 5.69 Å². The summed E-state index contributed by atoms with van der Waals surface area (Å²) in [6, 6.07) is 11.3. The Morgan fingerprint density at radius 2 is 1.87 bits per heavy atom. The molecule has 1 aromatic heterocycles. The maximum absolute atomic E-state index is 12.3. The highest BCUT2D eigenvalue weighted by atomic mass is 16.2. The van der Waals surface area contributed by atoms with Crippen LogP contribution in [-0.4, -0.2) is 33.4 Å². The van der Waals surface area contributed by atoms with Crippen LogP contribution in [0.25, 0.3) is 11.3 Å². The molecular weight excluding hydrogens is 290 g/mol. The number of nitrogens with zero attached hydrogens (tertiary/aromatic N) is 3. The molecule has 0 saturated carbocycles. The fourth-order valence-electron chi connectivity index (χ4n) is 2.82. The van der Waals surface area contributed by atoms with E-state index in [4.69, 9.17) is 0 Å². The summed E-state index contributed by atoms with van der Waals surface area (Å²) in [6.07, 6.45) is 3.72. The predicted octanol–water partition coefficient (Wildman–Crippen LogP) is 2.17. The SMILES string of the molecule is CC1CCN(C(=O)Cn2ccc(-c3ccccc3)nc2=O)CC1. The summed E-state index contributed by atoms with van der Waals surface area (Å²) < 4.78 is 1.38. The van der Waals surface area contributed by atoms with Crippen molar-refractivity contribution in [2.24, 2.45) is 5.92 Å². The second-order valence-electron chi connectivity index (χ2n) is 6.15. The number of piperidine rings is 1. The number of rotatable bonds is 3. The second-order valence-corrected chi connectivity index (χ2v) is 6.15. The minimum Gasteiger partial charge on any atom is -0.341 e. The number of aromatic nitrogens is 2. The van der Waals surface area contributed by atoms with Crippen LogP contribution in [0.1, 0.15) is 19.8 Å². The van der Waals surface area contributed by atoms with Gasteiger partial charge in [-0.25, -0.2) is 4.79 Å². The lowest BCUT2D eigenvalue weighted by molar-refractivity contribution is -0.133. The van der Waals surface area contributed by atoms with Crippen LogP contribution in [0.15, 0.2) is 47.4 Å². The fraction of sp³-hybridized carbons (Fsp3) is 0.389. The number of likely N-dealkylation sites (tertiary alicyclic amines) is 1. The van der Waals surface area contributed by atoms with E-state index in [-0.39, 0.29) is 18.1 Å². The Labute approximate surface area is 135 Å². The van der Waals surface area contributed by atoms with Gasteiger partial charge in [0.05, 0.1) is 5.69 Å². The molecule has 2 heterocycles. The van der Waals surface area contributed by atoms with Crippen molar-refractivity contribution in [1.82, 2.24) is 14.5 Å². The highest BCUT2D eigenvalue weighted by Crippen LogP contribution is 2.16. The van der Waals surface area contributed by atoms with E-state index < -0.39 is 0 Å². The minimum absolute atomic E-state index is 0.00624. The third-order valence-corrected chi connectivity index (χ3v) is 4.39. The fourth-order valence-corrected chi connectivity index (χ4v) is 2.82. The van der Waals surface area contributed by atoms with Gasteiger partial charge in [0.15, 0.2) is 0 Å². The highest BCUT2D eigenvalue weighted by molar-refractivity contribution is 5.76. The molecule has 2 aromatic rings. The van der Waals surface area contributed by atoms with Gasteiger partial charge < -0.3 is 4.90 Å². The molecule has 23 heavy (non-hydrogen) atoms. The Balaban J connectivity index is 1.72. The number of hydrogen-bond donors (Lipinski definition) is 0. The van der Waals surface area contributed by atoms with Crippen LogP contribution in [0.2, 0.25) is 0 Å². The number of carbonyl (C=O) groups is 1. The molecule has 1 aromatic carbocycles. The first-order chi connectivity index (χ1) is 11.1. The molecule has 120 valence electrons. The molecular formula is C18H21N3O2. The van der Waals surface area contributed by atoms with E-state index in [1.165, 1.54) is 4.57 Å². The Bertz CT molecular complexity index is 731. The topological polar surface area (TPSA) is 55.2 Å². The molecule has 0 bridgehead atoms. The van der Waals surface area contributed by atoms with E-state index in [2.05, 4.69) is 11.9 Å². The van der Waals surface area contributed by atoms with Gasteiger partial charge in [0.1, 0.15) is 6.54 Å². The number of hydrogen-bond acceptors (Lipinski definition) is 3. The number of carbonyl (C=O) groups excluding carboxylic acids is 1. The lowest BCUT2D eigenvalue weighted by Crippen LogP contribution is -2.41. The van der Waals surface area contributed by atoms with Crippen molar-refractivity contribution < 1.29 is 4.79 Å². The molecule has 1 fully saturated rings. The van der Waals surface area contributed by atoms with Gasteiger partial charge in [-0.05, 0) is 24.8 Å². The van der Waals surface area contributed by atoms with Crippen LogP contribution >= 0.6 is 0 Å². The van der Waals surface area contributed by atoms with E-state index in [1.807, 2.05) is 35.2 Å². The molecule has 0 unspecified atom stereocenters. The Kier molecular flexibility index (Phi) is 4.55. The normalized spacial score (nSPS) is 15.6. The summed E-state index contributed by atoms with van der Waals surface area (Å²) in [7, 11) is 0. The van der Waals surface area contributed by atoms with Crippen LogP contribution in [0.5, 0.6) is 0 Å². The van der Waals surface area contributed by atoms with Crippen LogP contribution < -0.4 is 5.69 Å². The summed E-state index contributed by atoms with van der Waals surface area (Å²) >= 11 is 0. The Morgan fingerprint density at radius 3 is 2.52 bits per heavy atom. The van der Waals surface area contributed by atoms with Gasteiger partial charge in [-0.1, -0.05) is 37.3 Å². The van der Waals surface area contributed by atoms with Crippen LogP contribution in [0, 0.1) is 5.92 Å². The summed E-state index contributed by atoms with van der Waals surface area (Å²) in [5.74, 6) is 0.668. The average Bonchev–Trinajstić information content (AvgIpc) is 2.58. The molecule has 0 N–H and O–H groups in total. The zero-order valence-electron chi connectivity index (χ0n) is 13.3. The van der Waals surface area contributed by atoms with E-state index in [0.717, 1.165) is 31.5 Å². The largest absolute Gasteiger partial charge is 0.348 e. The first-order valence-electron chi connectivity index (χ1n) is 8.04. The Morgan fingerprint density at radius 1 is 1.17 bits per heavy atom. The van der Waals surface area contributed by atoms with Crippen molar-refractivity contribution in [2.45, 2.75) is 26.3 Å². The maximum atomic E-state index is 12.3. The van der Waals surface area contributed by atoms with Crippen molar-refractivity contribution in [3.63, 3.8) is 0 Å². The van der Waals surface area contributed by atoms with E-state index in [1.54, 1.807) is 12.3 Å². The monoisotopic (exact) mass is 311 g/mol. The van der Waals surface area contributed by atoms with Crippen molar-refractivity contribution in [1.29, 1.82) is 0 Å². The zero-order valence-corrected chi connectivity index (χ0v) is 13.3. The van der Waals surface area contributed by atoms with E-state index in [9.17, 15) is 9.59 Å². The summed E-state index contributed by atoms with van der Waals surface area (Å²) in [5, 5.41) is 0. The quantitative estimate of drug-likeness (QED) is 0.873. The van der Waals surface area contributed by atoms with Gasteiger partial charge in [0.25, 0.3) is 0 Å². The molecule has 1 aliphatic heterocycles. The van der Waals surface area contributed by atoms with Gasteiger partial charge in [-0.15, -0.1) is 0 Å². The third-order valence-electron chi connectivity index (χ3n) is 4.39. The lowest BCUT2D eigenvalue weighted by Gasteiger charge is -2.30.